The Hall–Kier alpha value is -0.910. The van der Waals surface area contributed by atoms with Gasteiger partial charge in [0.05, 0.1) is 12.0 Å². The van der Waals surface area contributed by atoms with Gasteiger partial charge >= 0.3 is 6.09 Å². The number of rotatable bonds is 3. The molecule has 0 aliphatic heterocycles. The summed E-state index contributed by atoms with van der Waals surface area (Å²) in [5.74, 6) is -0.515. The van der Waals surface area contributed by atoms with E-state index in [1.807, 2.05) is 0 Å². The van der Waals surface area contributed by atoms with E-state index >= 15 is 0 Å². The highest BCUT2D eigenvalue weighted by molar-refractivity contribution is 7.96. The smallest absolute Gasteiger partial charge is 0.374 e. The first-order valence-electron chi connectivity index (χ1n) is 2.92. The molecule has 0 aliphatic carbocycles. The third-order valence-corrected chi connectivity index (χ3v) is 1.64. The van der Waals surface area contributed by atoms with Crippen LogP contribution in [-0.4, -0.2) is 24.3 Å². The van der Waals surface area contributed by atoms with E-state index in [4.69, 9.17) is 5.73 Å². The van der Waals surface area contributed by atoms with Crippen LogP contribution in [0.15, 0.2) is 0 Å². The minimum atomic E-state index is -0.594. The van der Waals surface area contributed by atoms with Gasteiger partial charge in [0.15, 0.2) is 0 Å². The Morgan fingerprint density at radius 2 is 2.18 bits per heavy atom. The average Bonchev–Trinajstić information content (AvgIpc) is 1.99. The fraction of sp³-hybridized carbons (Fsp3) is 0.600. The Morgan fingerprint density at radius 1 is 1.64 bits per heavy atom. The normalized spacial score (nSPS) is 11.8. The van der Waals surface area contributed by atoms with Crippen molar-refractivity contribution in [2.24, 2.45) is 5.73 Å². The highest BCUT2D eigenvalue weighted by Crippen LogP contribution is 2.10. The molecular weight excluding hydrogens is 168 g/mol. The van der Waals surface area contributed by atoms with Crippen molar-refractivity contribution < 1.29 is 13.8 Å². The Bertz CT molecular complexity index is 162. The number of carbonyl (C=O) groups excluding carboxylic acids is 2. The quantitative estimate of drug-likeness (QED) is 0.589. The SMILES string of the molecule is CNC(=O)OS[C@@H](C)C(N)=O. The molecule has 64 valence electrons. The summed E-state index contributed by atoms with van der Waals surface area (Å²) in [6.07, 6.45) is -0.594. The molecule has 0 aromatic heterocycles. The average molecular weight is 178 g/mol. The minimum absolute atomic E-state index is 0.515. The Balaban J connectivity index is 3.54. The van der Waals surface area contributed by atoms with Gasteiger partial charge in [-0.05, 0) is 6.92 Å². The lowest BCUT2D eigenvalue weighted by Crippen LogP contribution is -2.25. The van der Waals surface area contributed by atoms with Gasteiger partial charge in [-0.25, -0.2) is 4.79 Å². The largest absolute Gasteiger partial charge is 0.419 e. The van der Waals surface area contributed by atoms with Crippen LogP contribution in [0.5, 0.6) is 0 Å². The van der Waals surface area contributed by atoms with Gasteiger partial charge in [-0.2, -0.15) is 0 Å². The number of amides is 2. The molecule has 1 atom stereocenters. The Kier molecular flexibility index (Phi) is 4.44. The summed E-state index contributed by atoms with van der Waals surface area (Å²) in [5.41, 5.74) is 4.89. The van der Waals surface area contributed by atoms with E-state index in [9.17, 15) is 9.59 Å². The van der Waals surface area contributed by atoms with Crippen molar-refractivity contribution >= 4 is 24.0 Å². The predicted molar refractivity (Wildman–Crippen MR) is 41.8 cm³/mol. The summed E-state index contributed by atoms with van der Waals surface area (Å²) < 4.78 is 4.48. The second kappa shape index (κ2) is 4.84. The van der Waals surface area contributed by atoms with Gasteiger partial charge in [0, 0.05) is 7.05 Å². The molecule has 0 radical (unpaired) electrons. The van der Waals surface area contributed by atoms with E-state index < -0.39 is 17.3 Å². The van der Waals surface area contributed by atoms with Crippen molar-refractivity contribution in [1.82, 2.24) is 5.32 Å². The molecule has 0 fully saturated rings. The number of hydrogen-bond acceptors (Lipinski definition) is 4. The fourth-order valence-corrected chi connectivity index (χ4v) is 0.615. The van der Waals surface area contributed by atoms with Gasteiger partial charge in [-0.1, -0.05) is 0 Å². The number of primary amides is 1. The molecule has 0 rings (SSSR count). The molecule has 0 spiro atoms. The van der Waals surface area contributed by atoms with Crippen molar-refractivity contribution in [3.8, 4) is 0 Å². The highest BCUT2D eigenvalue weighted by atomic mass is 32.2. The zero-order valence-electron chi connectivity index (χ0n) is 6.29. The zero-order valence-corrected chi connectivity index (χ0v) is 7.10. The number of nitrogens with two attached hydrogens (primary N) is 1. The van der Waals surface area contributed by atoms with E-state index in [1.54, 1.807) is 6.92 Å². The van der Waals surface area contributed by atoms with Crippen molar-refractivity contribution in [1.29, 1.82) is 0 Å². The van der Waals surface area contributed by atoms with Gasteiger partial charge in [-0.3, -0.25) is 4.79 Å². The lowest BCUT2D eigenvalue weighted by atomic mass is 10.5. The first kappa shape index (κ1) is 10.1. The Labute approximate surface area is 68.9 Å². The van der Waals surface area contributed by atoms with Gasteiger partial charge in [-0.15, -0.1) is 0 Å². The van der Waals surface area contributed by atoms with Crippen LogP contribution in [0.1, 0.15) is 6.92 Å². The lowest BCUT2D eigenvalue weighted by Gasteiger charge is -2.04. The fourth-order valence-electron chi connectivity index (χ4n) is 0.205. The summed E-state index contributed by atoms with van der Waals surface area (Å²) in [4.78, 5) is 20.8. The molecule has 11 heavy (non-hydrogen) atoms. The van der Waals surface area contributed by atoms with Crippen molar-refractivity contribution in [2.75, 3.05) is 7.05 Å². The Morgan fingerprint density at radius 3 is 2.55 bits per heavy atom. The van der Waals surface area contributed by atoms with E-state index in [-0.39, 0.29) is 0 Å². The molecule has 0 heterocycles. The van der Waals surface area contributed by atoms with Crippen LogP contribution in [0.2, 0.25) is 0 Å². The third-order valence-electron chi connectivity index (χ3n) is 0.873. The van der Waals surface area contributed by atoms with Crippen LogP contribution >= 0.6 is 12.0 Å². The molecule has 0 saturated heterocycles. The highest BCUT2D eigenvalue weighted by Gasteiger charge is 2.12. The van der Waals surface area contributed by atoms with E-state index in [0.29, 0.717) is 0 Å². The van der Waals surface area contributed by atoms with E-state index in [1.165, 1.54) is 7.05 Å². The lowest BCUT2D eigenvalue weighted by molar-refractivity contribution is -0.117. The maximum absolute atomic E-state index is 10.4. The molecule has 0 aromatic carbocycles. The van der Waals surface area contributed by atoms with Crippen LogP contribution in [0.3, 0.4) is 0 Å². The van der Waals surface area contributed by atoms with Crippen LogP contribution in [0.25, 0.3) is 0 Å². The maximum atomic E-state index is 10.4. The van der Waals surface area contributed by atoms with Gasteiger partial charge in [0.1, 0.15) is 5.25 Å². The molecular formula is C5H10N2O3S. The summed E-state index contributed by atoms with van der Waals surface area (Å²) in [6.45, 7) is 1.55. The van der Waals surface area contributed by atoms with Crippen molar-refractivity contribution in [2.45, 2.75) is 12.2 Å². The van der Waals surface area contributed by atoms with Crippen LogP contribution in [0, 0.1) is 0 Å². The summed E-state index contributed by atoms with van der Waals surface area (Å²) >= 11 is 0.731. The van der Waals surface area contributed by atoms with Gasteiger partial charge in [0.25, 0.3) is 0 Å². The monoisotopic (exact) mass is 178 g/mol. The first-order valence-corrected chi connectivity index (χ1v) is 3.72. The van der Waals surface area contributed by atoms with E-state index in [2.05, 4.69) is 9.50 Å². The van der Waals surface area contributed by atoms with Gasteiger partial charge < -0.3 is 15.2 Å². The molecule has 0 bridgehead atoms. The van der Waals surface area contributed by atoms with E-state index in [0.717, 1.165) is 12.0 Å². The molecule has 6 heteroatoms. The predicted octanol–water partition coefficient (Wildman–Crippen LogP) is -0.136. The first-order chi connectivity index (χ1) is 5.07. The molecule has 3 N–H and O–H groups in total. The maximum Gasteiger partial charge on any atom is 0.419 e. The zero-order chi connectivity index (χ0) is 8.85. The molecule has 2 amide bonds. The standard InChI is InChI=1S/C5H10N2O3S/c1-3(4(6)8)11-10-5(9)7-2/h3H,1-2H3,(H2,6,8)(H,7,9)/t3-/m0/s1. The third kappa shape index (κ3) is 4.49. The van der Waals surface area contributed by atoms with Crippen LogP contribution in [-0.2, 0) is 8.98 Å². The minimum Gasteiger partial charge on any atom is -0.374 e. The summed E-state index contributed by atoms with van der Waals surface area (Å²) in [6, 6.07) is 0. The topological polar surface area (TPSA) is 81.4 Å². The van der Waals surface area contributed by atoms with Crippen molar-refractivity contribution in [3.63, 3.8) is 0 Å². The molecule has 0 unspecified atom stereocenters. The number of carbonyl (C=O) groups is 2. The van der Waals surface area contributed by atoms with Crippen LogP contribution < -0.4 is 11.1 Å². The van der Waals surface area contributed by atoms with Crippen LogP contribution in [0.4, 0.5) is 4.79 Å². The van der Waals surface area contributed by atoms with Crippen molar-refractivity contribution in [3.05, 3.63) is 0 Å². The molecule has 0 aliphatic rings. The molecule has 0 aromatic rings. The second-order valence-corrected chi connectivity index (χ2v) is 2.83. The molecule has 0 saturated carbocycles. The van der Waals surface area contributed by atoms with Gasteiger partial charge in [0.2, 0.25) is 5.91 Å². The second-order valence-electron chi connectivity index (χ2n) is 1.76. The summed E-state index contributed by atoms with van der Waals surface area (Å²) in [7, 11) is 1.43. The molecule has 5 nitrogen and oxygen atoms in total. The number of nitrogens with one attached hydrogen (secondary N) is 1. The number of hydrogen-bond donors (Lipinski definition) is 2. The summed E-state index contributed by atoms with van der Waals surface area (Å²) in [5, 5.41) is 1.70.